The summed E-state index contributed by atoms with van der Waals surface area (Å²) in [6, 6.07) is 0. The number of carbonyl (C=O) groups excluding carboxylic acids is 1. The molecule has 0 aromatic heterocycles. The lowest BCUT2D eigenvalue weighted by atomic mass is 10.1. The van der Waals surface area contributed by atoms with Gasteiger partial charge in [0, 0.05) is 13.1 Å². The van der Waals surface area contributed by atoms with E-state index < -0.39 is 6.09 Å². The summed E-state index contributed by atoms with van der Waals surface area (Å²) in [5.74, 6) is 0. The Bertz CT molecular complexity index is 260. The van der Waals surface area contributed by atoms with Gasteiger partial charge in [-0.1, -0.05) is 39.0 Å². The van der Waals surface area contributed by atoms with E-state index in [0.717, 1.165) is 12.8 Å². The molecule has 0 spiro atoms. The first-order valence-electron chi connectivity index (χ1n) is 7.54. The number of hydrogen-bond acceptors (Lipinski definition) is 3. The second-order valence-electron chi connectivity index (χ2n) is 4.77. The van der Waals surface area contributed by atoms with Gasteiger partial charge in [-0.25, -0.2) is 9.59 Å². The lowest BCUT2D eigenvalue weighted by molar-refractivity contribution is 0.143. The van der Waals surface area contributed by atoms with Crippen molar-refractivity contribution in [1.82, 2.24) is 10.6 Å². The Morgan fingerprint density at radius 3 is 2.20 bits per heavy atom. The van der Waals surface area contributed by atoms with Gasteiger partial charge in [0.25, 0.3) is 0 Å². The van der Waals surface area contributed by atoms with E-state index in [1.54, 1.807) is 0 Å². The third-order valence-electron chi connectivity index (χ3n) is 2.88. The normalized spacial score (nSPS) is 10.1. The van der Waals surface area contributed by atoms with Crippen LogP contribution in [0.3, 0.4) is 0 Å². The van der Waals surface area contributed by atoms with Crippen LogP contribution in [0.2, 0.25) is 0 Å². The highest BCUT2D eigenvalue weighted by molar-refractivity contribution is 5.67. The van der Waals surface area contributed by atoms with Crippen molar-refractivity contribution in [3.05, 3.63) is 0 Å². The van der Waals surface area contributed by atoms with Crippen LogP contribution < -0.4 is 10.6 Å². The van der Waals surface area contributed by atoms with Crippen molar-refractivity contribution in [2.24, 2.45) is 0 Å². The van der Waals surface area contributed by atoms with Crippen molar-refractivity contribution in [1.29, 1.82) is 0 Å². The lowest BCUT2D eigenvalue weighted by Gasteiger charge is -2.07. The number of nitrogens with one attached hydrogen (secondary N) is 2. The Morgan fingerprint density at radius 2 is 1.50 bits per heavy atom. The predicted molar refractivity (Wildman–Crippen MR) is 78.0 cm³/mol. The molecule has 0 saturated carbocycles. The van der Waals surface area contributed by atoms with Crippen LogP contribution in [0, 0.1) is 0 Å². The van der Waals surface area contributed by atoms with Gasteiger partial charge in [0.05, 0.1) is 6.61 Å². The molecule has 0 aliphatic carbocycles. The molecule has 2 amide bonds. The fourth-order valence-corrected chi connectivity index (χ4v) is 1.73. The molecule has 0 bridgehead atoms. The summed E-state index contributed by atoms with van der Waals surface area (Å²) in [5.41, 5.74) is 0. The van der Waals surface area contributed by atoms with Gasteiger partial charge < -0.3 is 20.5 Å². The van der Waals surface area contributed by atoms with Gasteiger partial charge in [-0.05, 0) is 19.3 Å². The molecule has 0 aromatic rings. The van der Waals surface area contributed by atoms with Gasteiger partial charge in [-0.2, -0.15) is 0 Å². The number of carboxylic acid groups (broad SMARTS) is 1. The van der Waals surface area contributed by atoms with Gasteiger partial charge in [0.1, 0.15) is 0 Å². The summed E-state index contributed by atoms with van der Waals surface area (Å²) in [5, 5.41) is 13.3. The maximum absolute atomic E-state index is 11.3. The number of hydrogen-bond donors (Lipinski definition) is 3. The summed E-state index contributed by atoms with van der Waals surface area (Å²) in [7, 11) is 0. The molecular weight excluding hydrogens is 260 g/mol. The zero-order valence-electron chi connectivity index (χ0n) is 12.5. The fourth-order valence-electron chi connectivity index (χ4n) is 1.73. The number of amides is 2. The molecule has 0 heterocycles. The number of ether oxygens (including phenoxy) is 1. The summed E-state index contributed by atoms with van der Waals surface area (Å²) < 4.78 is 4.97. The van der Waals surface area contributed by atoms with Crippen LogP contribution in [0.15, 0.2) is 0 Å². The molecule has 0 aliphatic heterocycles. The third kappa shape index (κ3) is 14.6. The first-order chi connectivity index (χ1) is 9.66. The summed E-state index contributed by atoms with van der Waals surface area (Å²) >= 11 is 0. The molecule has 0 saturated heterocycles. The topological polar surface area (TPSA) is 87.7 Å². The Morgan fingerprint density at radius 1 is 0.900 bits per heavy atom. The Balaban J connectivity index is 3.19. The van der Waals surface area contributed by atoms with E-state index in [1.807, 2.05) is 0 Å². The Hall–Kier alpha value is -1.46. The van der Waals surface area contributed by atoms with Crippen LogP contribution in [0.4, 0.5) is 9.59 Å². The number of unbranched alkanes of at least 4 members (excludes halogenated alkanes) is 6. The SMILES string of the molecule is CCCCCCCCNC(=O)OCCCCNC(=O)O. The average Bonchev–Trinajstić information content (AvgIpc) is 2.41. The van der Waals surface area contributed by atoms with E-state index in [2.05, 4.69) is 17.6 Å². The van der Waals surface area contributed by atoms with Gasteiger partial charge >= 0.3 is 12.2 Å². The minimum atomic E-state index is -1.03. The molecule has 0 rings (SSSR count). The molecule has 6 nitrogen and oxygen atoms in total. The van der Waals surface area contributed by atoms with E-state index in [1.165, 1.54) is 25.7 Å². The van der Waals surface area contributed by atoms with Crippen LogP contribution >= 0.6 is 0 Å². The first-order valence-corrected chi connectivity index (χ1v) is 7.54. The summed E-state index contributed by atoms with van der Waals surface area (Å²) in [6.45, 7) is 3.56. The quantitative estimate of drug-likeness (QED) is 0.481. The summed E-state index contributed by atoms with van der Waals surface area (Å²) in [4.78, 5) is 21.4. The zero-order chi connectivity index (χ0) is 15.1. The maximum Gasteiger partial charge on any atom is 0.407 e. The van der Waals surface area contributed by atoms with Crippen molar-refractivity contribution < 1.29 is 19.4 Å². The molecule has 0 unspecified atom stereocenters. The molecule has 20 heavy (non-hydrogen) atoms. The van der Waals surface area contributed by atoms with Gasteiger partial charge in [0.15, 0.2) is 0 Å². The summed E-state index contributed by atoms with van der Waals surface area (Å²) in [6.07, 6.45) is 7.06. The molecule has 6 heteroatoms. The highest BCUT2D eigenvalue weighted by atomic mass is 16.5. The van der Waals surface area contributed by atoms with E-state index in [0.29, 0.717) is 32.5 Å². The second-order valence-corrected chi connectivity index (χ2v) is 4.77. The molecular formula is C14H28N2O4. The minimum absolute atomic E-state index is 0.323. The van der Waals surface area contributed by atoms with E-state index in [4.69, 9.17) is 9.84 Å². The lowest BCUT2D eigenvalue weighted by Crippen LogP contribution is -2.26. The van der Waals surface area contributed by atoms with Crippen molar-refractivity contribution >= 4 is 12.2 Å². The number of rotatable bonds is 12. The second kappa shape index (κ2) is 14.0. The van der Waals surface area contributed by atoms with Crippen molar-refractivity contribution in [3.8, 4) is 0 Å². The molecule has 0 aromatic carbocycles. The van der Waals surface area contributed by atoms with E-state index in [-0.39, 0.29) is 6.09 Å². The zero-order valence-corrected chi connectivity index (χ0v) is 12.5. The van der Waals surface area contributed by atoms with Crippen LogP contribution in [0.5, 0.6) is 0 Å². The third-order valence-corrected chi connectivity index (χ3v) is 2.88. The molecule has 118 valence electrons. The molecule has 0 atom stereocenters. The first kappa shape index (κ1) is 18.5. The van der Waals surface area contributed by atoms with Crippen LogP contribution in [0.25, 0.3) is 0 Å². The van der Waals surface area contributed by atoms with Crippen molar-refractivity contribution in [2.75, 3.05) is 19.7 Å². The van der Waals surface area contributed by atoms with Gasteiger partial charge in [-0.3, -0.25) is 0 Å². The molecule has 0 aliphatic rings. The van der Waals surface area contributed by atoms with Gasteiger partial charge in [-0.15, -0.1) is 0 Å². The standard InChI is InChI=1S/C14H28N2O4/c1-2-3-4-5-6-7-11-16-14(19)20-12-9-8-10-15-13(17)18/h15H,2-12H2,1H3,(H,16,19)(H,17,18). The monoisotopic (exact) mass is 288 g/mol. The number of carbonyl (C=O) groups is 2. The van der Waals surface area contributed by atoms with Crippen LogP contribution in [0.1, 0.15) is 58.3 Å². The predicted octanol–water partition coefficient (Wildman–Crippen LogP) is 3.12. The van der Waals surface area contributed by atoms with Crippen LogP contribution in [-0.4, -0.2) is 37.0 Å². The van der Waals surface area contributed by atoms with E-state index >= 15 is 0 Å². The maximum atomic E-state index is 11.3. The fraction of sp³-hybridized carbons (Fsp3) is 0.857. The van der Waals surface area contributed by atoms with Crippen molar-refractivity contribution in [3.63, 3.8) is 0 Å². The smallest absolute Gasteiger partial charge is 0.407 e. The van der Waals surface area contributed by atoms with Crippen molar-refractivity contribution in [2.45, 2.75) is 58.3 Å². The Kier molecular flexibility index (Phi) is 12.9. The average molecular weight is 288 g/mol. The van der Waals surface area contributed by atoms with Crippen LogP contribution in [-0.2, 0) is 4.74 Å². The highest BCUT2D eigenvalue weighted by Gasteiger charge is 2.00. The molecule has 0 radical (unpaired) electrons. The minimum Gasteiger partial charge on any atom is -0.465 e. The highest BCUT2D eigenvalue weighted by Crippen LogP contribution is 2.04. The van der Waals surface area contributed by atoms with E-state index in [9.17, 15) is 9.59 Å². The number of alkyl carbamates (subject to hydrolysis) is 1. The molecule has 0 fully saturated rings. The van der Waals surface area contributed by atoms with Gasteiger partial charge in [0.2, 0.25) is 0 Å². The molecule has 3 N–H and O–H groups in total. The Labute approximate surface area is 121 Å². The largest absolute Gasteiger partial charge is 0.465 e.